The molecule has 1 heterocycles. The van der Waals surface area contributed by atoms with Gasteiger partial charge in [0, 0.05) is 10.0 Å². The van der Waals surface area contributed by atoms with E-state index in [2.05, 4.69) is 30.6 Å². The van der Waals surface area contributed by atoms with Crippen molar-refractivity contribution in [1.82, 2.24) is 9.97 Å². The molecule has 106 valence electrons. The summed E-state index contributed by atoms with van der Waals surface area (Å²) in [5, 5.41) is 9.03. The minimum atomic E-state index is -4.15. The molecule has 1 aromatic heterocycles. The fourth-order valence-electron chi connectivity index (χ4n) is 1.49. The fraction of sp³-hybridized carbons (Fsp3) is 0.0909. The van der Waals surface area contributed by atoms with E-state index in [-0.39, 0.29) is 11.3 Å². The van der Waals surface area contributed by atoms with Crippen LogP contribution in [0.4, 0.5) is 10.1 Å². The van der Waals surface area contributed by atoms with E-state index in [1.807, 2.05) is 0 Å². The number of aliphatic hydroxyl groups excluding tert-OH is 1. The summed E-state index contributed by atoms with van der Waals surface area (Å²) in [7, 11) is -4.15. The Bertz CT molecular complexity index is 725. The van der Waals surface area contributed by atoms with Crippen molar-refractivity contribution in [2.45, 2.75) is 11.5 Å². The minimum Gasteiger partial charge on any atom is -0.392 e. The third kappa shape index (κ3) is 3.11. The van der Waals surface area contributed by atoms with E-state index in [9.17, 15) is 12.8 Å². The van der Waals surface area contributed by atoms with Crippen LogP contribution in [0.5, 0.6) is 0 Å². The molecule has 0 radical (unpaired) electrons. The summed E-state index contributed by atoms with van der Waals surface area (Å²) < 4.78 is 40.8. The van der Waals surface area contributed by atoms with Crippen molar-refractivity contribution in [1.29, 1.82) is 0 Å². The molecule has 9 heteroatoms. The summed E-state index contributed by atoms with van der Waals surface area (Å²) >= 11 is 3.07. The van der Waals surface area contributed by atoms with Crippen LogP contribution in [0.15, 0.2) is 40.2 Å². The van der Waals surface area contributed by atoms with Crippen molar-refractivity contribution >= 4 is 31.6 Å². The lowest BCUT2D eigenvalue weighted by Gasteiger charge is -2.10. The Kier molecular flexibility index (Phi) is 4.31. The quantitative estimate of drug-likeness (QED) is 0.863. The Morgan fingerprint density at radius 1 is 1.30 bits per heavy atom. The molecule has 0 aliphatic rings. The molecule has 20 heavy (non-hydrogen) atoms. The highest BCUT2D eigenvalue weighted by molar-refractivity contribution is 9.10. The number of halogens is 2. The van der Waals surface area contributed by atoms with Crippen LogP contribution in [0.25, 0.3) is 0 Å². The first-order valence-corrected chi connectivity index (χ1v) is 7.58. The zero-order valence-corrected chi connectivity index (χ0v) is 12.3. The van der Waals surface area contributed by atoms with Crippen molar-refractivity contribution in [2.75, 3.05) is 4.72 Å². The highest BCUT2D eigenvalue weighted by Gasteiger charge is 2.22. The molecular formula is C11H9BrFN3O3S. The summed E-state index contributed by atoms with van der Waals surface area (Å²) in [5.74, 6) is -1.000. The molecule has 6 nitrogen and oxygen atoms in total. The molecule has 0 saturated heterocycles. The first kappa shape index (κ1) is 14.8. The van der Waals surface area contributed by atoms with Gasteiger partial charge in [-0.15, -0.1) is 0 Å². The lowest BCUT2D eigenvalue weighted by molar-refractivity contribution is 0.274. The smallest absolute Gasteiger partial charge is 0.264 e. The lowest BCUT2D eigenvalue weighted by Crippen LogP contribution is -2.16. The largest absolute Gasteiger partial charge is 0.392 e. The van der Waals surface area contributed by atoms with Crippen LogP contribution in [0.1, 0.15) is 5.56 Å². The number of nitrogens with one attached hydrogen (secondary N) is 1. The van der Waals surface area contributed by atoms with Crippen LogP contribution in [0.3, 0.4) is 0 Å². The predicted octanol–water partition coefficient (Wildman–Crippen LogP) is 1.67. The topological polar surface area (TPSA) is 92.2 Å². The van der Waals surface area contributed by atoms with E-state index in [0.717, 1.165) is 6.07 Å². The molecule has 0 bridgehead atoms. The molecule has 0 saturated carbocycles. The van der Waals surface area contributed by atoms with Gasteiger partial charge in [-0.1, -0.05) is 15.9 Å². The normalized spacial score (nSPS) is 11.3. The van der Waals surface area contributed by atoms with Gasteiger partial charge in [-0.25, -0.2) is 22.8 Å². The average molecular weight is 362 g/mol. The number of anilines is 1. The van der Waals surface area contributed by atoms with Crippen LogP contribution in [0.2, 0.25) is 0 Å². The predicted molar refractivity (Wildman–Crippen MR) is 72.9 cm³/mol. The second-order valence-electron chi connectivity index (χ2n) is 3.77. The van der Waals surface area contributed by atoms with Crippen LogP contribution >= 0.6 is 15.9 Å². The molecular weight excluding hydrogens is 353 g/mol. The molecule has 0 aliphatic carbocycles. The number of benzene rings is 1. The van der Waals surface area contributed by atoms with Crippen molar-refractivity contribution in [3.8, 4) is 0 Å². The standard InChI is InChI=1S/C11H9BrFN3O3S/c12-8-1-7(5-17)11(13)10(2-8)20(18,19)16-9-3-14-6-15-4-9/h1-4,6,16-17H,5H2. The van der Waals surface area contributed by atoms with E-state index in [1.54, 1.807) is 0 Å². The van der Waals surface area contributed by atoms with Gasteiger partial charge in [0.2, 0.25) is 0 Å². The zero-order chi connectivity index (χ0) is 14.8. The Morgan fingerprint density at radius 3 is 2.55 bits per heavy atom. The van der Waals surface area contributed by atoms with Gasteiger partial charge in [0.05, 0.1) is 24.7 Å². The van der Waals surface area contributed by atoms with Crippen LogP contribution < -0.4 is 4.72 Å². The molecule has 0 fully saturated rings. The zero-order valence-electron chi connectivity index (χ0n) is 9.92. The maximum Gasteiger partial charge on any atom is 0.264 e. The van der Waals surface area contributed by atoms with E-state index in [1.165, 1.54) is 24.8 Å². The van der Waals surface area contributed by atoms with Crippen molar-refractivity contribution in [2.24, 2.45) is 0 Å². The summed E-state index contributed by atoms with van der Waals surface area (Å²) in [5.41, 5.74) is -0.0125. The van der Waals surface area contributed by atoms with Gasteiger partial charge >= 0.3 is 0 Å². The third-order valence-corrected chi connectivity index (χ3v) is 4.19. The Labute approximate surface area is 122 Å². The van der Waals surface area contributed by atoms with Crippen LogP contribution in [-0.2, 0) is 16.6 Å². The number of nitrogens with zero attached hydrogens (tertiary/aromatic N) is 2. The summed E-state index contributed by atoms with van der Waals surface area (Å²) in [6, 6.07) is 2.42. The average Bonchev–Trinajstić information content (AvgIpc) is 2.41. The lowest BCUT2D eigenvalue weighted by atomic mass is 10.2. The second kappa shape index (κ2) is 5.81. The Balaban J connectivity index is 2.47. The van der Waals surface area contributed by atoms with E-state index >= 15 is 0 Å². The molecule has 0 atom stereocenters. The summed E-state index contributed by atoms with van der Waals surface area (Å²) in [6.07, 6.45) is 3.72. The van der Waals surface area contributed by atoms with Gasteiger partial charge < -0.3 is 5.11 Å². The van der Waals surface area contributed by atoms with Crippen molar-refractivity contribution < 1.29 is 17.9 Å². The number of rotatable bonds is 4. The number of hydrogen-bond acceptors (Lipinski definition) is 5. The number of sulfonamides is 1. The van der Waals surface area contributed by atoms with Crippen LogP contribution in [-0.4, -0.2) is 23.5 Å². The number of hydrogen-bond donors (Lipinski definition) is 2. The highest BCUT2D eigenvalue weighted by atomic mass is 79.9. The van der Waals surface area contributed by atoms with E-state index in [0.29, 0.717) is 4.47 Å². The minimum absolute atomic E-state index is 0.109. The van der Waals surface area contributed by atoms with E-state index in [4.69, 9.17) is 5.11 Å². The van der Waals surface area contributed by atoms with E-state index < -0.39 is 27.3 Å². The maximum absolute atomic E-state index is 14.0. The maximum atomic E-state index is 14.0. The molecule has 1 aromatic carbocycles. The summed E-state index contributed by atoms with van der Waals surface area (Å²) in [6.45, 7) is -0.609. The fourth-order valence-corrected chi connectivity index (χ4v) is 3.32. The van der Waals surface area contributed by atoms with Crippen molar-refractivity contribution in [3.05, 3.63) is 46.7 Å². The Hall–Kier alpha value is -1.58. The first-order valence-electron chi connectivity index (χ1n) is 5.30. The number of aromatic nitrogens is 2. The Morgan fingerprint density at radius 2 is 1.95 bits per heavy atom. The molecule has 2 rings (SSSR count). The molecule has 2 N–H and O–H groups in total. The molecule has 0 unspecified atom stereocenters. The molecule has 2 aromatic rings. The number of aliphatic hydroxyl groups is 1. The van der Waals surface area contributed by atoms with Gasteiger partial charge in [-0.3, -0.25) is 4.72 Å². The van der Waals surface area contributed by atoms with Gasteiger partial charge in [-0.05, 0) is 12.1 Å². The third-order valence-electron chi connectivity index (χ3n) is 2.35. The molecule has 0 aliphatic heterocycles. The molecule has 0 amide bonds. The highest BCUT2D eigenvalue weighted by Crippen LogP contribution is 2.25. The molecule has 0 spiro atoms. The monoisotopic (exact) mass is 361 g/mol. The van der Waals surface area contributed by atoms with Gasteiger partial charge in [0.15, 0.2) is 0 Å². The van der Waals surface area contributed by atoms with Gasteiger partial charge in [0.1, 0.15) is 17.0 Å². The van der Waals surface area contributed by atoms with Crippen LogP contribution in [0, 0.1) is 5.82 Å². The second-order valence-corrected chi connectivity index (χ2v) is 6.33. The first-order chi connectivity index (χ1) is 9.44. The SMILES string of the molecule is O=S(=O)(Nc1cncnc1)c1cc(Br)cc(CO)c1F. The van der Waals surface area contributed by atoms with Gasteiger partial charge in [0.25, 0.3) is 10.0 Å². The van der Waals surface area contributed by atoms with Gasteiger partial charge in [-0.2, -0.15) is 0 Å². The van der Waals surface area contributed by atoms with Crippen molar-refractivity contribution in [3.63, 3.8) is 0 Å². The summed E-state index contributed by atoms with van der Waals surface area (Å²) in [4.78, 5) is 6.74.